The average molecular weight is 284 g/mol. The maximum absolute atomic E-state index is 9.52. The van der Waals surface area contributed by atoms with Crippen molar-refractivity contribution >= 4 is 21.6 Å². The van der Waals surface area contributed by atoms with E-state index < -0.39 is 6.10 Å². The van der Waals surface area contributed by atoms with Crippen LogP contribution >= 0.6 is 15.9 Å². The SMILES string of the molecule is C=C(C)CN(C)c1ccc(C(C)O)c(Br)c1. The second kappa shape index (κ2) is 5.51. The number of rotatable bonds is 4. The lowest BCUT2D eigenvalue weighted by Crippen LogP contribution is -2.19. The highest BCUT2D eigenvalue weighted by molar-refractivity contribution is 9.10. The van der Waals surface area contributed by atoms with E-state index in [2.05, 4.69) is 27.4 Å². The van der Waals surface area contributed by atoms with Crippen molar-refractivity contribution in [3.8, 4) is 0 Å². The summed E-state index contributed by atoms with van der Waals surface area (Å²) < 4.78 is 0.938. The first kappa shape index (κ1) is 13.3. The molecule has 0 amide bonds. The number of benzene rings is 1. The molecule has 1 aromatic carbocycles. The third kappa shape index (κ3) is 3.35. The maximum Gasteiger partial charge on any atom is 0.0772 e. The molecule has 0 fully saturated rings. The number of hydrogen-bond acceptors (Lipinski definition) is 2. The first-order chi connectivity index (χ1) is 7.41. The van der Waals surface area contributed by atoms with Crippen LogP contribution in [0.15, 0.2) is 34.8 Å². The first-order valence-electron chi connectivity index (χ1n) is 5.25. The lowest BCUT2D eigenvalue weighted by atomic mass is 10.1. The zero-order valence-electron chi connectivity index (χ0n) is 10.00. The van der Waals surface area contributed by atoms with E-state index >= 15 is 0 Å². The minimum atomic E-state index is -0.449. The normalized spacial score (nSPS) is 12.3. The van der Waals surface area contributed by atoms with E-state index in [-0.39, 0.29) is 0 Å². The molecule has 16 heavy (non-hydrogen) atoms. The Morgan fingerprint density at radius 3 is 2.62 bits per heavy atom. The molecule has 1 rings (SSSR count). The predicted molar refractivity (Wildman–Crippen MR) is 72.9 cm³/mol. The second-order valence-corrected chi connectivity index (χ2v) is 5.05. The van der Waals surface area contributed by atoms with Gasteiger partial charge in [0.25, 0.3) is 0 Å². The number of likely N-dealkylation sites (N-methyl/N-ethyl adjacent to an activating group) is 1. The van der Waals surface area contributed by atoms with Crippen molar-refractivity contribution in [2.75, 3.05) is 18.5 Å². The van der Waals surface area contributed by atoms with Gasteiger partial charge in [-0.05, 0) is 31.5 Å². The molecule has 0 aliphatic heterocycles. The van der Waals surface area contributed by atoms with Crippen LogP contribution in [0.5, 0.6) is 0 Å². The Morgan fingerprint density at radius 2 is 2.19 bits per heavy atom. The summed E-state index contributed by atoms with van der Waals surface area (Å²) >= 11 is 3.47. The Hall–Kier alpha value is -0.800. The van der Waals surface area contributed by atoms with Crippen molar-refractivity contribution in [2.24, 2.45) is 0 Å². The summed E-state index contributed by atoms with van der Waals surface area (Å²) in [6, 6.07) is 5.97. The van der Waals surface area contributed by atoms with Gasteiger partial charge in [-0.1, -0.05) is 34.1 Å². The minimum Gasteiger partial charge on any atom is -0.389 e. The van der Waals surface area contributed by atoms with E-state index in [4.69, 9.17) is 0 Å². The van der Waals surface area contributed by atoms with Gasteiger partial charge in [-0.15, -0.1) is 0 Å². The smallest absolute Gasteiger partial charge is 0.0772 e. The quantitative estimate of drug-likeness (QED) is 0.855. The van der Waals surface area contributed by atoms with Crippen molar-refractivity contribution in [2.45, 2.75) is 20.0 Å². The average Bonchev–Trinajstić information content (AvgIpc) is 2.15. The predicted octanol–water partition coefficient (Wildman–Crippen LogP) is 3.51. The summed E-state index contributed by atoms with van der Waals surface area (Å²) in [5, 5.41) is 9.52. The van der Waals surface area contributed by atoms with Gasteiger partial charge in [-0.3, -0.25) is 0 Å². The molecule has 1 aromatic rings. The van der Waals surface area contributed by atoms with E-state index in [9.17, 15) is 5.11 Å². The standard InChI is InChI=1S/C13H18BrNO/c1-9(2)8-15(4)11-5-6-12(10(3)16)13(14)7-11/h5-7,10,16H,1,8H2,2-4H3. The molecular weight excluding hydrogens is 266 g/mol. The zero-order chi connectivity index (χ0) is 12.3. The van der Waals surface area contributed by atoms with Crippen LogP contribution in [0, 0.1) is 0 Å². The van der Waals surface area contributed by atoms with Crippen LogP contribution in [-0.2, 0) is 0 Å². The second-order valence-electron chi connectivity index (χ2n) is 4.19. The van der Waals surface area contributed by atoms with Crippen LogP contribution < -0.4 is 4.90 Å². The van der Waals surface area contributed by atoms with Crippen LogP contribution in [0.2, 0.25) is 0 Å². The highest BCUT2D eigenvalue weighted by Gasteiger charge is 2.08. The fourth-order valence-electron chi connectivity index (χ4n) is 1.59. The van der Waals surface area contributed by atoms with E-state index in [1.807, 2.05) is 32.2 Å². The highest BCUT2D eigenvalue weighted by atomic mass is 79.9. The van der Waals surface area contributed by atoms with Crippen molar-refractivity contribution in [1.82, 2.24) is 0 Å². The molecule has 3 heteroatoms. The maximum atomic E-state index is 9.52. The van der Waals surface area contributed by atoms with Crippen LogP contribution in [0.25, 0.3) is 0 Å². The molecule has 1 atom stereocenters. The van der Waals surface area contributed by atoms with E-state index in [1.54, 1.807) is 6.92 Å². The van der Waals surface area contributed by atoms with Gasteiger partial charge in [-0.2, -0.15) is 0 Å². The molecule has 0 saturated heterocycles. The van der Waals surface area contributed by atoms with Gasteiger partial charge in [0.1, 0.15) is 0 Å². The summed E-state index contributed by atoms with van der Waals surface area (Å²) in [6.07, 6.45) is -0.449. The highest BCUT2D eigenvalue weighted by Crippen LogP contribution is 2.27. The van der Waals surface area contributed by atoms with Crippen LogP contribution in [0.4, 0.5) is 5.69 Å². The Labute approximate surface area is 106 Å². The molecule has 1 unspecified atom stereocenters. The molecule has 88 valence electrons. The van der Waals surface area contributed by atoms with Gasteiger partial charge in [-0.25, -0.2) is 0 Å². The minimum absolute atomic E-state index is 0.449. The Morgan fingerprint density at radius 1 is 1.56 bits per heavy atom. The molecule has 1 N–H and O–H groups in total. The van der Waals surface area contributed by atoms with Gasteiger partial charge in [0.2, 0.25) is 0 Å². The van der Waals surface area contributed by atoms with E-state index in [0.29, 0.717) is 0 Å². The number of nitrogens with zero attached hydrogens (tertiary/aromatic N) is 1. The van der Waals surface area contributed by atoms with Crippen LogP contribution in [-0.4, -0.2) is 18.7 Å². The molecule has 0 aromatic heterocycles. The molecule has 0 heterocycles. The molecule has 0 spiro atoms. The van der Waals surface area contributed by atoms with Gasteiger partial charge in [0, 0.05) is 23.8 Å². The molecule has 0 bridgehead atoms. The third-order valence-corrected chi connectivity index (χ3v) is 3.07. The largest absolute Gasteiger partial charge is 0.389 e. The van der Waals surface area contributed by atoms with Crippen molar-refractivity contribution < 1.29 is 5.11 Å². The van der Waals surface area contributed by atoms with Gasteiger partial charge >= 0.3 is 0 Å². The Bertz CT molecular complexity index is 388. The summed E-state index contributed by atoms with van der Waals surface area (Å²) in [7, 11) is 2.03. The molecule has 0 aliphatic carbocycles. The molecule has 0 aliphatic rings. The van der Waals surface area contributed by atoms with Crippen molar-refractivity contribution in [3.63, 3.8) is 0 Å². The Balaban J connectivity index is 2.92. The monoisotopic (exact) mass is 283 g/mol. The fraction of sp³-hybridized carbons (Fsp3) is 0.385. The number of halogens is 1. The van der Waals surface area contributed by atoms with Crippen molar-refractivity contribution in [1.29, 1.82) is 0 Å². The summed E-state index contributed by atoms with van der Waals surface area (Å²) in [4.78, 5) is 2.12. The summed E-state index contributed by atoms with van der Waals surface area (Å²) in [6.45, 7) is 8.50. The lowest BCUT2D eigenvalue weighted by Gasteiger charge is -2.20. The molecule has 0 saturated carbocycles. The van der Waals surface area contributed by atoms with E-state index in [1.165, 1.54) is 0 Å². The van der Waals surface area contributed by atoms with Gasteiger partial charge in [0.15, 0.2) is 0 Å². The van der Waals surface area contributed by atoms with Gasteiger partial charge in [0.05, 0.1) is 6.10 Å². The summed E-state index contributed by atoms with van der Waals surface area (Å²) in [5.74, 6) is 0. The van der Waals surface area contributed by atoms with E-state index in [0.717, 1.165) is 27.8 Å². The number of hydrogen-bond donors (Lipinski definition) is 1. The number of aliphatic hydroxyl groups excluding tert-OH is 1. The van der Waals surface area contributed by atoms with Gasteiger partial charge < -0.3 is 10.0 Å². The lowest BCUT2D eigenvalue weighted by molar-refractivity contribution is 0.198. The fourth-order valence-corrected chi connectivity index (χ4v) is 2.29. The zero-order valence-corrected chi connectivity index (χ0v) is 11.6. The van der Waals surface area contributed by atoms with Crippen LogP contribution in [0.3, 0.4) is 0 Å². The first-order valence-corrected chi connectivity index (χ1v) is 6.04. The third-order valence-electron chi connectivity index (χ3n) is 2.38. The number of aliphatic hydroxyl groups is 1. The Kier molecular flexibility index (Phi) is 4.56. The summed E-state index contributed by atoms with van der Waals surface area (Å²) in [5.41, 5.74) is 3.14. The topological polar surface area (TPSA) is 23.5 Å². The molecule has 0 radical (unpaired) electrons. The number of anilines is 1. The molecule has 2 nitrogen and oxygen atoms in total. The van der Waals surface area contributed by atoms with Crippen LogP contribution in [0.1, 0.15) is 25.5 Å². The molecular formula is C13H18BrNO. The van der Waals surface area contributed by atoms with Crippen molar-refractivity contribution in [3.05, 3.63) is 40.4 Å².